The maximum atomic E-state index is 11.0. The van der Waals surface area contributed by atoms with Crippen molar-refractivity contribution in [3.05, 3.63) is 31.3 Å². The number of imide groups is 1. The molecule has 0 aliphatic carbocycles. The number of halogens is 1. The molecule has 42 heavy (non-hydrogen) atoms. The van der Waals surface area contributed by atoms with Crippen molar-refractivity contribution in [1.82, 2.24) is 10.4 Å². The van der Waals surface area contributed by atoms with Crippen LogP contribution in [-0.2, 0) is 33.6 Å². The smallest absolute Gasteiger partial charge is 0.333 e. The molecule has 234 valence electrons. The minimum absolute atomic E-state index is 0.0336. The number of quaternary nitrogens is 1. The number of hydrogen-bond donors (Lipinski definition) is 4. The number of amides is 3. The molecule has 3 amide bonds. The summed E-state index contributed by atoms with van der Waals surface area (Å²) in [6.07, 6.45) is 2.10. The van der Waals surface area contributed by atoms with E-state index in [1.165, 1.54) is 0 Å². The monoisotopic (exact) mass is 665 g/mol. The summed E-state index contributed by atoms with van der Waals surface area (Å²) in [4.78, 5) is 75.2. The number of azide groups is 3. The number of unbranched alkanes of at least 4 members (excludes halogenated alkanes) is 1. The lowest BCUT2D eigenvalue weighted by molar-refractivity contribution is -0.364. The Hall–Kier alpha value is -4.61. The first-order valence-corrected chi connectivity index (χ1v) is 13.3. The number of aliphatic carboxylic acids is 2. The number of alkyl halides is 1. The summed E-state index contributed by atoms with van der Waals surface area (Å²) >= 11 is 2.97. The van der Waals surface area contributed by atoms with Crippen LogP contribution < -0.4 is 11.1 Å². The van der Waals surface area contributed by atoms with E-state index in [-0.39, 0.29) is 51.1 Å². The molecule has 0 unspecified atom stereocenters. The molecule has 0 radical (unpaired) electrons. The van der Waals surface area contributed by atoms with Gasteiger partial charge in [-0.25, -0.2) is 4.79 Å². The number of carboxylic acid groups (broad SMARTS) is 2. The van der Waals surface area contributed by atoms with Gasteiger partial charge in [0, 0.05) is 59.0 Å². The largest absolute Gasteiger partial charge is 0.481 e. The normalized spacial score (nSPS) is 10.8. The van der Waals surface area contributed by atoms with Crippen LogP contribution >= 0.6 is 15.9 Å². The third-order valence-electron chi connectivity index (χ3n) is 3.95. The van der Waals surface area contributed by atoms with Crippen molar-refractivity contribution in [3.8, 4) is 0 Å². The summed E-state index contributed by atoms with van der Waals surface area (Å²) in [5.74, 6) is -3.49. The predicted molar refractivity (Wildman–Crippen MR) is 147 cm³/mol. The molecule has 6 N–H and O–H groups in total. The summed E-state index contributed by atoms with van der Waals surface area (Å²) in [5.41, 5.74) is 27.2. The van der Waals surface area contributed by atoms with Crippen LogP contribution in [0.3, 0.4) is 0 Å². The molecule has 0 aromatic rings. The van der Waals surface area contributed by atoms with E-state index in [1.807, 2.05) is 0 Å². The molecule has 1 rings (SSSR count). The molecule has 0 atom stereocenters. The van der Waals surface area contributed by atoms with Gasteiger partial charge < -0.3 is 26.1 Å². The second kappa shape index (κ2) is 30.9. The highest BCUT2D eigenvalue weighted by Crippen LogP contribution is 2.12. The van der Waals surface area contributed by atoms with Crippen LogP contribution in [0.1, 0.15) is 51.4 Å². The summed E-state index contributed by atoms with van der Waals surface area (Å²) in [7, 11) is 0. The average Bonchev–Trinajstić information content (AvgIpc) is 3.25. The van der Waals surface area contributed by atoms with E-state index >= 15 is 0 Å². The van der Waals surface area contributed by atoms with Crippen LogP contribution in [0.25, 0.3) is 31.3 Å². The number of carboxylic acids is 2. The zero-order valence-electron chi connectivity index (χ0n) is 22.7. The molecule has 0 aromatic heterocycles. The molecule has 21 nitrogen and oxygen atoms in total. The van der Waals surface area contributed by atoms with Crippen molar-refractivity contribution in [2.45, 2.75) is 51.4 Å². The van der Waals surface area contributed by atoms with Crippen LogP contribution in [0.5, 0.6) is 0 Å². The molecule has 1 fully saturated rings. The number of nitrogens with zero attached hydrogens (tertiary/aromatic N) is 10. The third kappa shape index (κ3) is 31.6. The first-order chi connectivity index (χ1) is 20.0. The van der Waals surface area contributed by atoms with Gasteiger partial charge in [-0.2, -0.15) is 0 Å². The van der Waals surface area contributed by atoms with E-state index in [9.17, 15) is 28.8 Å². The van der Waals surface area contributed by atoms with E-state index in [2.05, 4.69) is 61.9 Å². The van der Waals surface area contributed by atoms with Crippen molar-refractivity contribution in [2.75, 3.05) is 38.1 Å². The van der Waals surface area contributed by atoms with Crippen LogP contribution in [0, 0.1) is 0 Å². The summed E-state index contributed by atoms with van der Waals surface area (Å²) in [6.45, 7) is 1.79. The number of carbonyl (C=O) groups is 6. The lowest BCUT2D eigenvalue weighted by atomic mass is 10.2. The molecular weight excluding hydrogens is 632 g/mol. The lowest BCUT2D eigenvalue weighted by Gasteiger charge is -2.11. The Morgan fingerprint density at radius 3 is 1.79 bits per heavy atom. The van der Waals surface area contributed by atoms with Gasteiger partial charge in [0.25, 0.3) is 11.8 Å². The SMILES string of the molecule is O=C(O)CCBr.[N-]=[N+]=NCCC(=O)O.[N-]=[N+]=NCCC(=O)ON1C(=O)CCC1=O.[N-]=[N+]=NCCCCC(=O)NCC[NH3+]. The van der Waals surface area contributed by atoms with Crippen LogP contribution in [0.4, 0.5) is 0 Å². The maximum absolute atomic E-state index is 11.0. The molecular formula is C20H34BrN12O9+. The fourth-order valence-electron chi connectivity index (χ4n) is 2.09. The maximum Gasteiger partial charge on any atom is 0.333 e. The van der Waals surface area contributed by atoms with Gasteiger partial charge in [-0.3, -0.25) is 24.0 Å². The van der Waals surface area contributed by atoms with Gasteiger partial charge in [-0.1, -0.05) is 31.3 Å². The number of hydroxylamine groups is 2. The van der Waals surface area contributed by atoms with Gasteiger partial charge in [0.1, 0.15) is 0 Å². The molecule has 1 aliphatic rings. The highest BCUT2D eigenvalue weighted by Gasteiger charge is 2.32. The number of rotatable bonds is 16. The van der Waals surface area contributed by atoms with E-state index < -0.39 is 29.7 Å². The van der Waals surface area contributed by atoms with Crippen molar-refractivity contribution in [1.29, 1.82) is 0 Å². The minimum atomic E-state index is -0.947. The average molecular weight is 666 g/mol. The highest BCUT2D eigenvalue weighted by atomic mass is 79.9. The molecule has 0 spiro atoms. The Morgan fingerprint density at radius 1 is 0.857 bits per heavy atom. The van der Waals surface area contributed by atoms with E-state index in [0.29, 0.717) is 36.4 Å². The predicted octanol–water partition coefficient (Wildman–Crippen LogP) is 1.75. The Kier molecular flexibility index (Phi) is 30.8. The Labute approximate surface area is 247 Å². The van der Waals surface area contributed by atoms with E-state index in [0.717, 1.165) is 12.8 Å². The molecule has 1 aliphatic heterocycles. The van der Waals surface area contributed by atoms with E-state index in [1.54, 1.807) is 0 Å². The molecule has 0 saturated carbocycles. The fourth-order valence-corrected chi connectivity index (χ4v) is 2.43. The first kappa shape index (κ1) is 41.9. The fraction of sp³-hybridized carbons (Fsp3) is 0.700. The summed E-state index contributed by atoms with van der Waals surface area (Å²) in [5, 5.41) is 29.1. The third-order valence-corrected chi connectivity index (χ3v) is 4.35. The minimum Gasteiger partial charge on any atom is -0.481 e. The summed E-state index contributed by atoms with van der Waals surface area (Å²) < 4.78 is 0. The lowest BCUT2D eigenvalue weighted by Crippen LogP contribution is -2.54. The van der Waals surface area contributed by atoms with Crippen molar-refractivity contribution in [3.63, 3.8) is 0 Å². The molecule has 0 bridgehead atoms. The Bertz CT molecular complexity index is 992. The van der Waals surface area contributed by atoms with E-state index in [4.69, 9.17) is 26.8 Å². The first-order valence-electron chi connectivity index (χ1n) is 12.1. The van der Waals surface area contributed by atoms with Gasteiger partial charge in [0.05, 0.1) is 32.4 Å². The zero-order valence-corrected chi connectivity index (χ0v) is 24.3. The molecule has 1 heterocycles. The van der Waals surface area contributed by atoms with Crippen LogP contribution in [0.2, 0.25) is 0 Å². The van der Waals surface area contributed by atoms with Gasteiger partial charge in [0.15, 0.2) is 0 Å². The van der Waals surface area contributed by atoms with Crippen LogP contribution in [-0.4, -0.2) is 89.0 Å². The number of hydrogen-bond acceptors (Lipinski definition) is 10. The van der Waals surface area contributed by atoms with Crippen LogP contribution in [0.15, 0.2) is 15.3 Å². The Balaban J connectivity index is -0.000000513. The van der Waals surface area contributed by atoms with Crippen molar-refractivity contribution >= 4 is 51.6 Å². The summed E-state index contributed by atoms with van der Waals surface area (Å²) in [6, 6.07) is 0. The second-order valence-electron chi connectivity index (χ2n) is 7.30. The molecule has 0 aromatic carbocycles. The van der Waals surface area contributed by atoms with Crippen molar-refractivity contribution in [2.24, 2.45) is 15.3 Å². The van der Waals surface area contributed by atoms with Gasteiger partial charge in [-0.15, -0.1) is 5.06 Å². The molecule has 1 saturated heterocycles. The highest BCUT2D eigenvalue weighted by molar-refractivity contribution is 9.09. The van der Waals surface area contributed by atoms with Crippen molar-refractivity contribution < 1.29 is 49.6 Å². The quantitative estimate of drug-likeness (QED) is 0.0464. The second-order valence-corrected chi connectivity index (χ2v) is 8.09. The number of carbonyl (C=O) groups excluding carboxylic acids is 4. The topological polar surface area (TPSA) is 341 Å². The Morgan fingerprint density at radius 2 is 1.36 bits per heavy atom. The number of nitrogens with one attached hydrogen (secondary N) is 1. The van der Waals surface area contributed by atoms with Gasteiger partial charge >= 0.3 is 17.9 Å². The molecule has 22 heteroatoms. The van der Waals surface area contributed by atoms with Gasteiger partial charge in [-0.05, 0) is 29.4 Å². The zero-order chi connectivity index (χ0) is 32.6. The van der Waals surface area contributed by atoms with Gasteiger partial charge in [0.2, 0.25) is 5.91 Å². The standard InChI is InChI=1S/C7H15N5O.C7H8N4O4.C3H5BrO2.C3H5N3O2/c8-4-6-10-7(13)3-1-2-5-11-12-9;8-10-9-4-3-7(14)15-11-5(12)1-2-6(11)13;4-2-1-3(5)6;4-6-5-2-1-3(7)8/h1-6,8H2,(H,10,13);1-4H2;1-2H2,(H,5,6);1-2H2,(H,7,8)/p+1.